The molecule has 0 spiro atoms. The summed E-state index contributed by atoms with van der Waals surface area (Å²) in [6.07, 6.45) is 0.965. The van der Waals surface area contributed by atoms with Gasteiger partial charge in [0.25, 0.3) is 0 Å². The van der Waals surface area contributed by atoms with E-state index in [0.717, 1.165) is 6.42 Å². The molecule has 8 heavy (non-hydrogen) atoms. The molecule has 0 fully saturated rings. The summed E-state index contributed by atoms with van der Waals surface area (Å²) in [7, 11) is 0. The summed E-state index contributed by atoms with van der Waals surface area (Å²) in [5.41, 5.74) is 0. The van der Waals surface area contributed by atoms with Crippen LogP contribution in [0.15, 0.2) is 0 Å². The van der Waals surface area contributed by atoms with Gasteiger partial charge < -0.3 is 4.74 Å². The molecular formula is C6H13O2+. The van der Waals surface area contributed by atoms with Gasteiger partial charge in [-0.2, -0.15) is 0 Å². The minimum Gasteiger partial charge on any atom is -0.463 e. The largest absolute Gasteiger partial charge is 1.00 e. The maximum Gasteiger partial charge on any atom is 1.00 e. The van der Waals surface area contributed by atoms with E-state index in [9.17, 15) is 4.79 Å². The zero-order valence-corrected chi connectivity index (χ0v) is 5.60. The summed E-state index contributed by atoms with van der Waals surface area (Å²) < 4.78 is 4.76. The van der Waals surface area contributed by atoms with Crippen LogP contribution in [0.5, 0.6) is 0 Å². The fraction of sp³-hybridized carbons (Fsp3) is 0.833. The molecule has 0 bridgehead atoms. The van der Waals surface area contributed by atoms with Crippen molar-refractivity contribution >= 4 is 5.97 Å². The van der Waals surface area contributed by atoms with E-state index < -0.39 is 0 Å². The summed E-state index contributed by atoms with van der Waals surface area (Å²) in [4.78, 5) is 10.2. The van der Waals surface area contributed by atoms with Crippen LogP contribution in [-0.4, -0.2) is 12.1 Å². The third-order valence-electron chi connectivity index (χ3n) is 0.942. The van der Waals surface area contributed by atoms with Crippen molar-refractivity contribution in [1.29, 1.82) is 0 Å². The van der Waals surface area contributed by atoms with Crippen molar-refractivity contribution < 1.29 is 11.0 Å². The first-order valence-electron chi connectivity index (χ1n) is 2.84. The predicted octanol–water partition coefficient (Wildman–Crippen LogP) is 1.46. The summed E-state index contributed by atoms with van der Waals surface area (Å²) in [5.74, 6) is -0.195. The van der Waals surface area contributed by atoms with Crippen LogP contribution in [-0.2, 0) is 9.53 Å². The van der Waals surface area contributed by atoms with Crippen LogP contribution in [0, 0.1) is 0 Å². The molecule has 0 aromatic carbocycles. The van der Waals surface area contributed by atoms with E-state index in [4.69, 9.17) is 4.74 Å². The highest BCUT2D eigenvalue weighted by molar-refractivity contribution is 5.66. The van der Waals surface area contributed by atoms with Gasteiger partial charge in [0.1, 0.15) is 0 Å². The molecule has 0 N–H and O–H groups in total. The van der Waals surface area contributed by atoms with Gasteiger partial charge in [-0.05, 0) is 13.3 Å². The molecule has 0 rings (SSSR count). The molecule has 2 nitrogen and oxygen atoms in total. The van der Waals surface area contributed by atoms with Crippen LogP contribution in [0.25, 0.3) is 0 Å². The van der Waals surface area contributed by atoms with Gasteiger partial charge in [0.05, 0.1) is 6.10 Å². The monoisotopic (exact) mass is 117 g/mol. The fourth-order valence-corrected chi connectivity index (χ4v) is 0.367. The number of carbonyl (C=O) groups excluding carboxylic acids is 1. The van der Waals surface area contributed by atoms with E-state index in [1.807, 2.05) is 13.8 Å². The number of carbonyl (C=O) groups is 1. The minimum atomic E-state index is -0.195. The van der Waals surface area contributed by atoms with Crippen molar-refractivity contribution in [3.8, 4) is 0 Å². The van der Waals surface area contributed by atoms with E-state index in [0.29, 0.717) is 0 Å². The zero-order valence-electron chi connectivity index (χ0n) is 6.60. The van der Waals surface area contributed by atoms with E-state index in [1.165, 1.54) is 6.92 Å². The first-order valence-corrected chi connectivity index (χ1v) is 2.84. The van der Waals surface area contributed by atoms with Crippen LogP contribution in [0.2, 0.25) is 0 Å². The quantitative estimate of drug-likeness (QED) is 0.512. The van der Waals surface area contributed by atoms with Crippen molar-refractivity contribution in [3.63, 3.8) is 0 Å². The molecule has 0 amide bonds. The normalized spacial score (nSPS) is 12.9. The van der Waals surface area contributed by atoms with Gasteiger partial charge in [-0.3, -0.25) is 4.79 Å². The number of rotatable bonds is 2. The van der Waals surface area contributed by atoms with Crippen molar-refractivity contribution in [2.45, 2.75) is 33.3 Å². The van der Waals surface area contributed by atoms with Crippen molar-refractivity contribution in [1.82, 2.24) is 0 Å². The van der Waals surface area contributed by atoms with Gasteiger partial charge in [0.2, 0.25) is 0 Å². The van der Waals surface area contributed by atoms with Gasteiger partial charge in [-0.25, -0.2) is 0 Å². The molecule has 0 aliphatic carbocycles. The van der Waals surface area contributed by atoms with Crippen LogP contribution < -0.4 is 0 Å². The van der Waals surface area contributed by atoms with Gasteiger partial charge in [-0.1, -0.05) is 6.92 Å². The van der Waals surface area contributed by atoms with Crippen LogP contribution in [0.1, 0.15) is 28.6 Å². The Morgan fingerprint density at radius 3 is 2.50 bits per heavy atom. The Bertz CT molecular complexity index is 83.1. The van der Waals surface area contributed by atoms with Crippen LogP contribution >= 0.6 is 0 Å². The number of hydrogen-bond acceptors (Lipinski definition) is 2. The molecule has 0 aliphatic heterocycles. The van der Waals surface area contributed by atoms with Gasteiger partial charge >= 0.3 is 7.40 Å². The van der Waals surface area contributed by atoms with Gasteiger partial charge in [-0.15, -0.1) is 0 Å². The van der Waals surface area contributed by atoms with E-state index in [1.54, 1.807) is 0 Å². The average Bonchev–Trinajstić information content (AvgIpc) is 1.65. The average molecular weight is 117 g/mol. The third-order valence-corrected chi connectivity index (χ3v) is 0.942. The smallest absolute Gasteiger partial charge is 0.463 e. The van der Waals surface area contributed by atoms with Crippen molar-refractivity contribution in [3.05, 3.63) is 0 Å². The maximum atomic E-state index is 10.2. The third kappa shape index (κ3) is 3.65. The molecule has 48 valence electrons. The summed E-state index contributed by atoms with van der Waals surface area (Å²) in [6.45, 7) is 5.28. The van der Waals surface area contributed by atoms with Crippen molar-refractivity contribution in [2.75, 3.05) is 0 Å². The van der Waals surface area contributed by atoms with E-state index in [-0.39, 0.29) is 13.5 Å². The highest BCUT2D eigenvalue weighted by Gasteiger charge is 1.99. The lowest BCUT2D eigenvalue weighted by Gasteiger charge is -2.06. The molecule has 0 aliphatic rings. The molecular weight excluding hydrogens is 104 g/mol. The zero-order chi connectivity index (χ0) is 6.57. The second-order valence-electron chi connectivity index (χ2n) is 1.83. The Kier molecular flexibility index (Phi) is 3.24. The van der Waals surface area contributed by atoms with E-state index >= 15 is 0 Å². The molecule has 0 heterocycles. The van der Waals surface area contributed by atoms with Crippen LogP contribution in [0.4, 0.5) is 0 Å². The fourth-order valence-electron chi connectivity index (χ4n) is 0.367. The lowest BCUT2D eigenvalue weighted by atomic mass is 10.3. The number of ether oxygens (including phenoxy) is 1. The molecule has 0 radical (unpaired) electrons. The summed E-state index contributed by atoms with van der Waals surface area (Å²) in [6, 6.07) is 0. The van der Waals surface area contributed by atoms with Crippen molar-refractivity contribution in [2.24, 2.45) is 0 Å². The Morgan fingerprint density at radius 2 is 2.38 bits per heavy atom. The second kappa shape index (κ2) is 3.47. The Hall–Kier alpha value is -0.530. The lowest BCUT2D eigenvalue weighted by Crippen LogP contribution is -2.09. The molecule has 0 aromatic rings. The van der Waals surface area contributed by atoms with E-state index in [2.05, 4.69) is 0 Å². The second-order valence-corrected chi connectivity index (χ2v) is 1.83. The van der Waals surface area contributed by atoms with Crippen LogP contribution in [0.3, 0.4) is 0 Å². The highest BCUT2D eigenvalue weighted by atomic mass is 16.5. The van der Waals surface area contributed by atoms with Gasteiger partial charge in [0.15, 0.2) is 0 Å². The Labute approximate surface area is 51.3 Å². The predicted molar refractivity (Wildman–Crippen MR) is 32.6 cm³/mol. The summed E-state index contributed by atoms with van der Waals surface area (Å²) in [5, 5.41) is 0. The molecule has 1 unspecified atom stereocenters. The standard InChI is InChI=1S/C6H12O2/c1-4-5(2)8-6(3)7/h5H,4H2,1-3H3/p+1. The Morgan fingerprint density at radius 1 is 1.88 bits per heavy atom. The molecule has 1 atom stereocenters. The minimum absolute atomic E-state index is 0. The topological polar surface area (TPSA) is 26.3 Å². The first kappa shape index (κ1) is 7.47. The first-order chi connectivity index (χ1) is 3.66. The summed E-state index contributed by atoms with van der Waals surface area (Å²) >= 11 is 0. The maximum absolute atomic E-state index is 10.2. The molecule has 2 heteroatoms. The highest BCUT2D eigenvalue weighted by Crippen LogP contribution is 1.94. The SMILES string of the molecule is CCC(C)OC(C)=O.[H+]. The van der Waals surface area contributed by atoms with Gasteiger partial charge in [0, 0.05) is 6.92 Å². The molecule has 0 saturated carbocycles. The number of hydrogen-bond donors (Lipinski definition) is 0. The Balaban J connectivity index is 0. The lowest BCUT2D eigenvalue weighted by molar-refractivity contribution is -0.145. The molecule has 0 saturated heterocycles. The number of esters is 1. The molecule has 0 aromatic heterocycles.